The summed E-state index contributed by atoms with van der Waals surface area (Å²) >= 11 is 0. The Labute approximate surface area is 97.3 Å². The Morgan fingerprint density at radius 3 is 1.29 bits per heavy atom. The quantitative estimate of drug-likeness (QED) is 0.628. The SMILES string of the molecule is OOc1ccccc1Oc1ccccc1OO. The minimum Gasteiger partial charge on any atom is -0.449 e. The van der Waals surface area contributed by atoms with E-state index in [9.17, 15) is 0 Å². The standard InChI is InChI=1S/C12H10O5/c13-16-11-7-3-1-5-9(11)15-10-6-2-4-8-12(10)17-14/h1-8,13-14H. The Kier molecular flexibility index (Phi) is 3.44. The van der Waals surface area contributed by atoms with E-state index in [0.29, 0.717) is 11.5 Å². The molecule has 2 N–H and O–H groups in total. The number of benzene rings is 2. The van der Waals surface area contributed by atoms with Gasteiger partial charge in [-0.3, -0.25) is 0 Å². The first-order valence-corrected chi connectivity index (χ1v) is 4.84. The second-order valence-electron chi connectivity index (χ2n) is 3.18. The molecule has 2 rings (SSSR count). The lowest BCUT2D eigenvalue weighted by Gasteiger charge is -2.10. The summed E-state index contributed by atoms with van der Waals surface area (Å²) in [6, 6.07) is 13.1. The molecule has 0 aliphatic carbocycles. The van der Waals surface area contributed by atoms with Crippen LogP contribution >= 0.6 is 0 Å². The molecular weight excluding hydrogens is 224 g/mol. The van der Waals surface area contributed by atoms with Gasteiger partial charge in [-0.05, 0) is 24.3 Å². The van der Waals surface area contributed by atoms with Crippen molar-refractivity contribution in [3.8, 4) is 23.0 Å². The van der Waals surface area contributed by atoms with Crippen LogP contribution in [0.1, 0.15) is 0 Å². The third-order valence-electron chi connectivity index (χ3n) is 2.11. The first kappa shape index (κ1) is 11.3. The van der Waals surface area contributed by atoms with Crippen molar-refractivity contribution in [2.75, 3.05) is 0 Å². The van der Waals surface area contributed by atoms with Gasteiger partial charge in [-0.1, -0.05) is 24.3 Å². The summed E-state index contributed by atoms with van der Waals surface area (Å²) in [5.74, 6) is 0.944. The minimum absolute atomic E-state index is 0.167. The van der Waals surface area contributed by atoms with Crippen molar-refractivity contribution >= 4 is 0 Å². The third kappa shape index (κ3) is 2.47. The van der Waals surface area contributed by atoms with Crippen LogP contribution in [0.3, 0.4) is 0 Å². The van der Waals surface area contributed by atoms with Crippen molar-refractivity contribution in [3.05, 3.63) is 48.5 Å². The number of hydrogen-bond acceptors (Lipinski definition) is 5. The van der Waals surface area contributed by atoms with Crippen molar-refractivity contribution < 1.29 is 25.0 Å². The highest BCUT2D eigenvalue weighted by atomic mass is 17.1. The lowest BCUT2D eigenvalue weighted by molar-refractivity contribution is -0.140. The van der Waals surface area contributed by atoms with Gasteiger partial charge >= 0.3 is 0 Å². The molecule has 2 aromatic rings. The normalized spacial score (nSPS) is 9.76. The predicted molar refractivity (Wildman–Crippen MR) is 59.5 cm³/mol. The summed E-state index contributed by atoms with van der Waals surface area (Å²) in [6.07, 6.45) is 0. The van der Waals surface area contributed by atoms with Gasteiger partial charge < -0.3 is 14.5 Å². The fraction of sp³-hybridized carbons (Fsp3) is 0. The minimum atomic E-state index is 0.167. The highest BCUT2D eigenvalue weighted by molar-refractivity contribution is 5.46. The van der Waals surface area contributed by atoms with Crippen LogP contribution in [0, 0.1) is 0 Å². The number of para-hydroxylation sites is 4. The monoisotopic (exact) mass is 234 g/mol. The van der Waals surface area contributed by atoms with E-state index in [1.54, 1.807) is 36.4 Å². The second kappa shape index (κ2) is 5.20. The Bertz CT molecular complexity index is 452. The Hall–Kier alpha value is -2.24. The molecule has 5 nitrogen and oxygen atoms in total. The lowest BCUT2D eigenvalue weighted by atomic mass is 10.3. The Balaban J connectivity index is 2.31. The zero-order valence-electron chi connectivity index (χ0n) is 8.74. The first-order chi connectivity index (χ1) is 8.35. The summed E-state index contributed by atoms with van der Waals surface area (Å²) in [5.41, 5.74) is 0. The summed E-state index contributed by atoms with van der Waals surface area (Å²) in [5, 5.41) is 17.3. The van der Waals surface area contributed by atoms with Crippen LogP contribution in [0.15, 0.2) is 48.5 Å². The molecule has 0 bridgehead atoms. The van der Waals surface area contributed by atoms with E-state index in [-0.39, 0.29) is 11.5 Å². The second-order valence-corrected chi connectivity index (χ2v) is 3.18. The first-order valence-electron chi connectivity index (χ1n) is 4.84. The molecule has 0 fully saturated rings. The molecule has 0 heterocycles. The van der Waals surface area contributed by atoms with Crippen molar-refractivity contribution in [3.63, 3.8) is 0 Å². The van der Waals surface area contributed by atoms with E-state index < -0.39 is 0 Å². The fourth-order valence-electron chi connectivity index (χ4n) is 1.34. The molecule has 0 radical (unpaired) electrons. The molecule has 0 aliphatic rings. The average Bonchev–Trinajstić information content (AvgIpc) is 2.40. The van der Waals surface area contributed by atoms with Crippen LogP contribution in [0.2, 0.25) is 0 Å². The fourth-order valence-corrected chi connectivity index (χ4v) is 1.34. The molecule has 0 unspecified atom stereocenters. The van der Waals surface area contributed by atoms with Crippen molar-refractivity contribution in [2.24, 2.45) is 0 Å². The summed E-state index contributed by atoms with van der Waals surface area (Å²) in [6.45, 7) is 0. The maximum Gasteiger partial charge on any atom is 0.207 e. The summed E-state index contributed by atoms with van der Waals surface area (Å²) in [4.78, 5) is 8.33. The smallest absolute Gasteiger partial charge is 0.207 e. The van der Waals surface area contributed by atoms with Gasteiger partial charge in [0.1, 0.15) is 0 Å². The van der Waals surface area contributed by atoms with Gasteiger partial charge in [0.25, 0.3) is 0 Å². The van der Waals surface area contributed by atoms with E-state index in [2.05, 4.69) is 9.78 Å². The van der Waals surface area contributed by atoms with Gasteiger partial charge in [-0.15, -0.1) is 0 Å². The van der Waals surface area contributed by atoms with Crippen LogP contribution in [-0.2, 0) is 0 Å². The third-order valence-corrected chi connectivity index (χ3v) is 2.11. The van der Waals surface area contributed by atoms with E-state index >= 15 is 0 Å². The van der Waals surface area contributed by atoms with Gasteiger partial charge in [-0.2, -0.15) is 0 Å². The van der Waals surface area contributed by atoms with E-state index in [1.165, 1.54) is 12.1 Å². The summed E-state index contributed by atoms with van der Waals surface area (Å²) < 4.78 is 5.45. The lowest BCUT2D eigenvalue weighted by Crippen LogP contribution is -1.93. The zero-order valence-corrected chi connectivity index (χ0v) is 8.74. The highest BCUT2D eigenvalue weighted by Gasteiger charge is 2.09. The number of rotatable bonds is 4. The number of ether oxygens (including phenoxy) is 1. The van der Waals surface area contributed by atoms with Crippen molar-refractivity contribution in [1.82, 2.24) is 0 Å². The molecule has 0 saturated heterocycles. The topological polar surface area (TPSA) is 68.2 Å². The van der Waals surface area contributed by atoms with E-state index in [0.717, 1.165) is 0 Å². The maximum absolute atomic E-state index is 8.66. The van der Waals surface area contributed by atoms with Gasteiger partial charge in [0.15, 0.2) is 11.5 Å². The van der Waals surface area contributed by atoms with Gasteiger partial charge in [0, 0.05) is 0 Å². The Morgan fingerprint density at radius 2 is 0.941 bits per heavy atom. The van der Waals surface area contributed by atoms with Crippen LogP contribution in [0.25, 0.3) is 0 Å². The van der Waals surface area contributed by atoms with Crippen LogP contribution in [-0.4, -0.2) is 10.5 Å². The maximum atomic E-state index is 8.66. The molecule has 17 heavy (non-hydrogen) atoms. The molecule has 0 amide bonds. The molecule has 5 heteroatoms. The highest BCUT2D eigenvalue weighted by Crippen LogP contribution is 2.35. The zero-order chi connectivity index (χ0) is 12.1. The number of hydrogen-bond donors (Lipinski definition) is 2. The summed E-state index contributed by atoms with van der Waals surface area (Å²) in [7, 11) is 0. The van der Waals surface area contributed by atoms with Crippen LogP contribution < -0.4 is 14.5 Å². The molecule has 88 valence electrons. The molecule has 0 atom stereocenters. The predicted octanol–water partition coefficient (Wildman–Crippen LogP) is 3.18. The van der Waals surface area contributed by atoms with Gasteiger partial charge in [0.05, 0.1) is 0 Å². The van der Waals surface area contributed by atoms with E-state index in [4.69, 9.17) is 15.3 Å². The van der Waals surface area contributed by atoms with E-state index in [1.807, 2.05) is 0 Å². The van der Waals surface area contributed by atoms with Crippen LogP contribution in [0.5, 0.6) is 23.0 Å². The molecule has 0 saturated carbocycles. The molecule has 0 aliphatic heterocycles. The van der Waals surface area contributed by atoms with Gasteiger partial charge in [0.2, 0.25) is 11.5 Å². The Morgan fingerprint density at radius 1 is 0.588 bits per heavy atom. The van der Waals surface area contributed by atoms with Crippen molar-refractivity contribution in [2.45, 2.75) is 0 Å². The largest absolute Gasteiger partial charge is 0.449 e. The van der Waals surface area contributed by atoms with Crippen molar-refractivity contribution in [1.29, 1.82) is 0 Å². The van der Waals surface area contributed by atoms with Crippen LogP contribution in [0.4, 0.5) is 0 Å². The molecule has 0 aromatic heterocycles. The molecule has 2 aromatic carbocycles. The molecule has 0 spiro atoms. The van der Waals surface area contributed by atoms with Gasteiger partial charge in [-0.25, -0.2) is 10.5 Å². The molecular formula is C12H10O5. The average molecular weight is 234 g/mol.